The summed E-state index contributed by atoms with van der Waals surface area (Å²) >= 11 is 0. The molecule has 4 nitrogen and oxygen atoms in total. The number of rotatable bonds is 7. The SMILES string of the molecule is CC(C)[C@H](N)C(=O)N(C[C@@H]1CCCCN1Cc1ccccc1)C(C)C. The van der Waals surface area contributed by atoms with Crippen LogP contribution in [0.3, 0.4) is 0 Å². The van der Waals surface area contributed by atoms with E-state index in [-0.39, 0.29) is 17.9 Å². The van der Waals surface area contributed by atoms with E-state index in [1.54, 1.807) is 0 Å². The smallest absolute Gasteiger partial charge is 0.240 e. The normalized spacial score (nSPS) is 20.0. The van der Waals surface area contributed by atoms with Gasteiger partial charge >= 0.3 is 0 Å². The van der Waals surface area contributed by atoms with Crippen LogP contribution in [-0.4, -0.2) is 46.9 Å². The average molecular weight is 346 g/mol. The van der Waals surface area contributed by atoms with Crippen LogP contribution in [0.15, 0.2) is 30.3 Å². The molecule has 0 aliphatic carbocycles. The second-order valence-electron chi connectivity index (χ2n) is 7.96. The van der Waals surface area contributed by atoms with Gasteiger partial charge in [-0.05, 0) is 44.7 Å². The molecule has 1 aliphatic heterocycles. The molecular formula is C21H35N3O. The maximum atomic E-state index is 12.8. The Labute approximate surface area is 153 Å². The topological polar surface area (TPSA) is 49.6 Å². The fourth-order valence-electron chi connectivity index (χ4n) is 3.55. The van der Waals surface area contributed by atoms with Crippen molar-refractivity contribution in [3.05, 3.63) is 35.9 Å². The predicted octanol–water partition coefficient (Wildman–Crippen LogP) is 3.26. The summed E-state index contributed by atoms with van der Waals surface area (Å²) in [6, 6.07) is 10.8. The number of carbonyl (C=O) groups excluding carboxylic acids is 1. The lowest BCUT2D eigenvalue weighted by atomic mass is 9.98. The highest BCUT2D eigenvalue weighted by atomic mass is 16.2. The third-order valence-corrected chi connectivity index (χ3v) is 5.29. The van der Waals surface area contributed by atoms with Gasteiger partial charge in [-0.15, -0.1) is 0 Å². The van der Waals surface area contributed by atoms with Crippen LogP contribution in [0, 0.1) is 5.92 Å². The van der Waals surface area contributed by atoms with E-state index in [1.807, 2.05) is 18.7 Å². The summed E-state index contributed by atoms with van der Waals surface area (Å²) in [6.07, 6.45) is 3.64. The largest absolute Gasteiger partial charge is 0.337 e. The summed E-state index contributed by atoms with van der Waals surface area (Å²) in [5.74, 6) is 0.260. The maximum Gasteiger partial charge on any atom is 0.240 e. The van der Waals surface area contributed by atoms with Gasteiger partial charge in [0.2, 0.25) is 5.91 Å². The Morgan fingerprint density at radius 3 is 2.48 bits per heavy atom. The molecule has 1 amide bonds. The predicted molar refractivity (Wildman–Crippen MR) is 104 cm³/mol. The Bertz CT molecular complexity index is 529. The van der Waals surface area contributed by atoms with Crippen LogP contribution in [0.25, 0.3) is 0 Å². The molecule has 1 aromatic carbocycles. The lowest BCUT2D eigenvalue weighted by Gasteiger charge is -2.41. The minimum atomic E-state index is -0.409. The highest BCUT2D eigenvalue weighted by Crippen LogP contribution is 2.22. The Balaban J connectivity index is 2.08. The fourth-order valence-corrected chi connectivity index (χ4v) is 3.55. The number of amides is 1. The van der Waals surface area contributed by atoms with Crippen molar-refractivity contribution in [1.29, 1.82) is 0 Å². The van der Waals surface area contributed by atoms with E-state index in [0.29, 0.717) is 6.04 Å². The van der Waals surface area contributed by atoms with Gasteiger partial charge in [-0.2, -0.15) is 0 Å². The molecule has 2 N–H and O–H groups in total. The minimum Gasteiger partial charge on any atom is -0.337 e. The molecule has 1 saturated heterocycles. The third-order valence-electron chi connectivity index (χ3n) is 5.29. The molecular weight excluding hydrogens is 310 g/mol. The van der Waals surface area contributed by atoms with Crippen molar-refractivity contribution in [2.45, 2.75) is 71.6 Å². The number of carbonyl (C=O) groups is 1. The van der Waals surface area contributed by atoms with Crippen molar-refractivity contribution >= 4 is 5.91 Å². The summed E-state index contributed by atoms with van der Waals surface area (Å²) in [5.41, 5.74) is 7.50. The van der Waals surface area contributed by atoms with Gasteiger partial charge in [0.15, 0.2) is 0 Å². The van der Waals surface area contributed by atoms with Gasteiger partial charge in [0.05, 0.1) is 6.04 Å². The molecule has 2 atom stereocenters. The molecule has 140 valence electrons. The fraction of sp³-hybridized carbons (Fsp3) is 0.667. The van der Waals surface area contributed by atoms with Gasteiger partial charge < -0.3 is 10.6 Å². The lowest BCUT2D eigenvalue weighted by Crippen LogP contribution is -2.54. The number of nitrogens with two attached hydrogens (primary N) is 1. The summed E-state index contributed by atoms with van der Waals surface area (Å²) < 4.78 is 0. The zero-order valence-corrected chi connectivity index (χ0v) is 16.3. The Hall–Kier alpha value is -1.39. The molecule has 1 fully saturated rings. The minimum absolute atomic E-state index is 0.0928. The number of nitrogens with zero attached hydrogens (tertiary/aromatic N) is 2. The van der Waals surface area contributed by atoms with Gasteiger partial charge in [0.1, 0.15) is 0 Å². The zero-order valence-electron chi connectivity index (χ0n) is 16.3. The van der Waals surface area contributed by atoms with Crippen LogP contribution in [-0.2, 0) is 11.3 Å². The summed E-state index contributed by atoms with van der Waals surface area (Å²) in [6.45, 7) is 11.1. The van der Waals surface area contributed by atoms with E-state index in [0.717, 1.165) is 26.1 Å². The summed E-state index contributed by atoms with van der Waals surface area (Å²) in [7, 11) is 0. The molecule has 1 heterocycles. The zero-order chi connectivity index (χ0) is 18.4. The first-order valence-electron chi connectivity index (χ1n) is 9.74. The van der Waals surface area contributed by atoms with Crippen molar-refractivity contribution < 1.29 is 4.79 Å². The summed E-state index contributed by atoms with van der Waals surface area (Å²) in [4.78, 5) is 17.4. The molecule has 4 heteroatoms. The van der Waals surface area contributed by atoms with Crippen LogP contribution in [0.5, 0.6) is 0 Å². The van der Waals surface area contributed by atoms with Crippen molar-refractivity contribution in [2.24, 2.45) is 11.7 Å². The van der Waals surface area contributed by atoms with Crippen molar-refractivity contribution in [2.75, 3.05) is 13.1 Å². The van der Waals surface area contributed by atoms with Crippen LogP contribution < -0.4 is 5.73 Å². The monoisotopic (exact) mass is 345 g/mol. The van der Waals surface area contributed by atoms with Gasteiger partial charge in [0.25, 0.3) is 0 Å². The van der Waals surface area contributed by atoms with Crippen molar-refractivity contribution in [1.82, 2.24) is 9.80 Å². The third kappa shape index (κ3) is 5.55. The molecule has 0 saturated carbocycles. The second-order valence-corrected chi connectivity index (χ2v) is 7.96. The van der Waals surface area contributed by atoms with E-state index in [4.69, 9.17) is 5.73 Å². The average Bonchev–Trinajstić information content (AvgIpc) is 2.60. The molecule has 0 bridgehead atoms. The first kappa shape index (κ1) is 19.9. The van der Waals surface area contributed by atoms with Gasteiger partial charge in [-0.25, -0.2) is 0 Å². The molecule has 2 rings (SSSR count). The molecule has 25 heavy (non-hydrogen) atoms. The van der Waals surface area contributed by atoms with E-state index in [9.17, 15) is 4.79 Å². The van der Waals surface area contributed by atoms with E-state index in [1.165, 1.54) is 18.4 Å². The Morgan fingerprint density at radius 2 is 1.88 bits per heavy atom. The standard InChI is InChI=1S/C21H35N3O/c1-16(2)20(22)21(25)24(17(3)4)15-19-12-8-9-13-23(19)14-18-10-6-5-7-11-18/h5-7,10-11,16-17,19-20H,8-9,12-15,22H2,1-4H3/t19-,20-/m0/s1. The number of hydrogen-bond donors (Lipinski definition) is 1. The van der Waals surface area contributed by atoms with Crippen LogP contribution >= 0.6 is 0 Å². The first-order valence-corrected chi connectivity index (χ1v) is 9.74. The quantitative estimate of drug-likeness (QED) is 0.825. The molecule has 1 aliphatic rings. The van der Waals surface area contributed by atoms with Gasteiger partial charge in [0, 0.05) is 25.2 Å². The molecule has 0 unspecified atom stereocenters. The van der Waals surface area contributed by atoms with Gasteiger partial charge in [-0.1, -0.05) is 50.6 Å². The number of benzene rings is 1. The number of likely N-dealkylation sites (tertiary alicyclic amines) is 1. The van der Waals surface area contributed by atoms with Crippen molar-refractivity contribution in [3.63, 3.8) is 0 Å². The van der Waals surface area contributed by atoms with E-state index < -0.39 is 6.04 Å². The number of hydrogen-bond acceptors (Lipinski definition) is 3. The van der Waals surface area contributed by atoms with Crippen LogP contribution in [0.4, 0.5) is 0 Å². The molecule has 1 aromatic rings. The summed E-state index contributed by atoms with van der Waals surface area (Å²) in [5, 5.41) is 0. The lowest BCUT2D eigenvalue weighted by molar-refractivity contribution is -0.136. The second kappa shape index (κ2) is 9.35. The number of piperidine rings is 1. The van der Waals surface area contributed by atoms with E-state index in [2.05, 4.69) is 49.1 Å². The highest BCUT2D eigenvalue weighted by molar-refractivity contribution is 5.82. The Kier molecular flexibility index (Phi) is 7.45. The van der Waals surface area contributed by atoms with Crippen LogP contribution in [0.1, 0.15) is 52.5 Å². The van der Waals surface area contributed by atoms with Crippen molar-refractivity contribution in [3.8, 4) is 0 Å². The van der Waals surface area contributed by atoms with E-state index >= 15 is 0 Å². The molecule has 0 aromatic heterocycles. The first-order chi connectivity index (χ1) is 11.9. The van der Waals surface area contributed by atoms with Crippen LogP contribution in [0.2, 0.25) is 0 Å². The van der Waals surface area contributed by atoms with Gasteiger partial charge in [-0.3, -0.25) is 9.69 Å². The Morgan fingerprint density at radius 1 is 1.20 bits per heavy atom. The maximum absolute atomic E-state index is 12.8. The molecule has 0 spiro atoms. The molecule has 0 radical (unpaired) electrons. The highest BCUT2D eigenvalue weighted by Gasteiger charge is 2.30.